The lowest BCUT2D eigenvalue weighted by Crippen LogP contribution is -2.29. The number of nitriles is 1. The second-order valence-corrected chi connectivity index (χ2v) is 8.74. The number of hydrogen-bond donors (Lipinski definition) is 0. The number of amides is 1. The number of fused-ring (bicyclic) bond motifs is 1. The summed E-state index contributed by atoms with van der Waals surface area (Å²) in [5.41, 5.74) is 2.00. The predicted octanol–water partition coefficient (Wildman–Crippen LogP) is 4.29. The normalized spacial score (nSPS) is 15.7. The maximum atomic E-state index is 13.5. The van der Waals surface area contributed by atoms with E-state index in [2.05, 4.69) is 11.1 Å². The van der Waals surface area contributed by atoms with E-state index in [1.165, 1.54) is 40.6 Å². The Hall–Kier alpha value is -3.96. The summed E-state index contributed by atoms with van der Waals surface area (Å²) in [4.78, 5) is 32.9. The van der Waals surface area contributed by atoms with Crippen LogP contribution < -0.4 is 10.5 Å². The van der Waals surface area contributed by atoms with Crippen molar-refractivity contribution in [3.63, 3.8) is 0 Å². The Kier molecular flexibility index (Phi) is 5.40. The zero-order chi connectivity index (χ0) is 22.9. The van der Waals surface area contributed by atoms with Crippen LogP contribution in [0.2, 0.25) is 0 Å². The Morgan fingerprint density at radius 2 is 1.67 bits per heavy atom. The molecule has 1 aromatic heterocycles. The summed E-state index contributed by atoms with van der Waals surface area (Å²) in [6, 6.07) is 21.6. The van der Waals surface area contributed by atoms with Crippen molar-refractivity contribution >= 4 is 34.3 Å². The summed E-state index contributed by atoms with van der Waals surface area (Å²) in [5, 5.41) is 9.39. The summed E-state index contributed by atoms with van der Waals surface area (Å²) >= 11 is 1.23. The molecule has 0 radical (unpaired) electrons. The molecule has 33 heavy (non-hydrogen) atoms. The average molecular weight is 457 g/mol. The van der Waals surface area contributed by atoms with Crippen molar-refractivity contribution in [3.8, 4) is 11.8 Å². The number of nitrogens with zero attached hydrogens (tertiary/aromatic N) is 4. The van der Waals surface area contributed by atoms with Crippen molar-refractivity contribution < 1.29 is 9.18 Å². The van der Waals surface area contributed by atoms with E-state index >= 15 is 0 Å². The third-order valence-corrected chi connectivity index (χ3v) is 6.75. The quantitative estimate of drug-likeness (QED) is 0.428. The van der Waals surface area contributed by atoms with Crippen LogP contribution >= 0.6 is 11.8 Å². The first kappa shape index (κ1) is 20.9. The van der Waals surface area contributed by atoms with Gasteiger partial charge >= 0.3 is 0 Å². The molecule has 1 saturated heterocycles. The number of benzene rings is 3. The second kappa shape index (κ2) is 8.52. The van der Waals surface area contributed by atoms with Crippen molar-refractivity contribution in [3.05, 3.63) is 94.5 Å². The third-order valence-electron chi connectivity index (χ3n) is 5.54. The Balaban J connectivity index is 1.52. The summed E-state index contributed by atoms with van der Waals surface area (Å²) < 4.78 is 14.9. The Bertz CT molecular complexity index is 1460. The van der Waals surface area contributed by atoms with E-state index in [4.69, 9.17) is 5.26 Å². The molecule has 0 saturated carbocycles. The number of carbonyl (C=O) groups is 1. The number of thioether (sulfide) groups is 1. The number of anilines is 1. The monoisotopic (exact) mass is 456 g/mol. The highest BCUT2D eigenvalue weighted by Gasteiger charge is 2.34. The van der Waals surface area contributed by atoms with Crippen LogP contribution in [0.4, 0.5) is 10.1 Å². The lowest BCUT2D eigenvalue weighted by Gasteiger charge is -2.18. The molecule has 0 bridgehead atoms. The standard InChI is InChI=1S/C25H17FN4O2S/c26-17-7-11-19(12-8-17)30-23(31)20-3-1-2-4-21(20)28-25(30)33-22-13-14-29(24(22)32)18-9-5-16(15-27)6-10-18/h1-12,22H,13-14H2. The zero-order valence-corrected chi connectivity index (χ0v) is 18.1. The molecule has 1 aliphatic rings. The molecule has 0 N–H and O–H groups in total. The van der Waals surface area contributed by atoms with Gasteiger partial charge in [-0.15, -0.1) is 0 Å². The maximum absolute atomic E-state index is 13.5. The Morgan fingerprint density at radius 3 is 2.39 bits per heavy atom. The molecule has 1 fully saturated rings. The first-order valence-corrected chi connectivity index (χ1v) is 11.2. The molecule has 6 nitrogen and oxygen atoms in total. The smallest absolute Gasteiger partial charge is 0.266 e. The molecule has 4 aromatic rings. The first-order chi connectivity index (χ1) is 16.0. The number of para-hydroxylation sites is 1. The number of aromatic nitrogens is 2. The van der Waals surface area contributed by atoms with E-state index in [1.807, 2.05) is 0 Å². The van der Waals surface area contributed by atoms with Gasteiger partial charge in [0.05, 0.1) is 33.5 Å². The van der Waals surface area contributed by atoms with Gasteiger partial charge in [0.25, 0.3) is 5.56 Å². The fourth-order valence-electron chi connectivity index (χ4n) is 3.87. The number of halogens is 1. The van der Waals surface area contributed by atoms with Crippen molar-refractivity contribution in [2.75, 3.05) is 11.4 Å². The molecular formula is C25H17FN4O2S. The summed E-state index contributed by atoms with van der Waals surface area (Å²) in [6.07, 6.45) is 0.579. The molecule has 1 atom stereocenters. The molecule has 1 aliphatic heterocycles. The van der Waals surface area contributed by atoms with E-state index in [-0.39, 0.29) is 11.5 Å². The number of carbonyl (C=O) groups excluding carboxylic acids is 1. The van der Waals surface area contributed by atoms with Gasteiger partial charge in [0.1, 0.15) is 5.82 Å². The summed E-state index contributed by atoms with van der Waals surface area (Å²) in [6.45, 7) is 0.525. The highest BCUT2D eigenvalue weighted by atomic mass is 32.2. The third kappa shape index (κ3) is 3.88. The lowest BCUT2D eigenvalue weighted by atomic mass is 10.2. The van der Waals surface area contributed by atoms with Crippen LogP contribution in [0.5, 0.6) is 0 Å². The molecule has 0 aliphatic carbocycles. The Labute approximate surface area is 192 Å². The summed E-state index contributed by atoms with van der Waals surface area (Å²) in [7, 11) is 0. The van der Waals surface area contributed by atoms with E-state index in [0.717, 1.165) is 5.69 Å². The molecule has 162 valence electrons. The minimum absolute atomic E-state index is 0.0854. The van der Waals surface area contributed by atoms with Gasteiger partial charge in [0.2, 0.25) is 5.91 Å². The van der Waals surface area contributed by atoms with Crippen molar-refractivity contribution in [2.24, 2.45) is 0 Å². The summed E-state index contributed by atoms with van der Waals surface area (Å²) in [5.74, 6) is -0.489. The second-order valence-electron chi connectivity index (χ2n) is 7.57. The van der Waals surface area contributed by atoms with Crippen molar-refractivity contribution in [1.82, 2.24) is 9.55 Å². The van der Waals surface area contributed by atoms with Crippen LogP contribution in [0.25, 0.3) is 16.6 Å². The highest BCUT2D eigenvalue weighted by Crippen LogP contribution is 2.33. The minimum Gasteiger partial charge on any atom is -0.311 e. The molecular weight excluding hydrogens is 439 g/mol. The van der Waals surface area contributed by atoms with Gasteiger partial charge in [0.15, 0.2) is 5.16 Å². The van der Waals surface area contributed by atoms with E-state index in [9.17, 15) is 14.0 Å². The zero-order valence-electron chi connectivity index (χ0n) is 17.3. The molecule has 3 aromatic carbocycles. The largest absolute Gasteiger partial charge is 0.311 e. The van der Waals surface area contributed by atoms with Gasteiger partial charge < -0.3 is 4.90 Å². The van der Waals surface area contributed by atoms with Gasteiger partial charge in [-0.25, -0.2) is 9.37 Å². The first-order valence-electron chi connectivity index (χ1n) is 10.3. The van der Waals surface area contributed by atoms with Crippen LogP contribution in [-0.4, -0.2) is 27.3 Å². The van der Waals surface area contributed by atoms with Crippen LogP contribution in [0.15, 0.2) is 82.7 Å². The molecule has 1 amide bonds. The van der Waals surface area contributed by atoms with Crippen molar-refractivity contribution in [2.45, 2.75) is 16.8 Å². The fraction of sp³-hybridized carbons (Fsp3) is 0.120. The van der Waals surface area contributed by atoms with Gasteiger partial charge in [-0.05, 0) is 67.1 Å². The van der Waals surface area contributed by atoms with Gasteiger partial charge in [-0.1, -0.05) is 23.9 Å². The number of hydrogen-bond acceptors (Lipinski definition) is 5. The van der Waals surface area contributed by atoms with E-state index < -0.39 is 11.1 Å². The van der Waals surface area contributed by atoms with Crippen LogP contribution in [0.1, 0.15) is 12.0 Å². The number of rotatable bonds is 4. The van der Waals surface area contributed by atoms with E-state index in [0.29, 0.717) is 40.3 Å². The maximum Gasteiger partial charge on any atom is 0.266 e. The molecule has 5 rings (SSSR count). The minimum atomic E-state index is -0.430. The lowest BCUT2D eigenvalue weighted by molar-refractivity contribution is -0.116. The van der Waals surface area contributed by atoms with Gasteiger partial charge in [0, 0.05) is 12.2 Å². The topological polar surface area (TPSA) is 79.0 Å². The van der Waals surface area contributed by atoms with E-state index in [1.54, 1.807) is 53.4 Å². The molecule has 2 heterocycles. The molecule has 0 spiro atoms. The fourth-order valence-corrected chi connectivity index (χ4v) is 5.02. The van der Waals surface area contributed by atoms with Crippen molar-refractivity contribution in [1.29, 1.82) is 5.26 Å². The Morgan fingerprint density at radius 1 is 0.970 bits per heavy atom. The molecule has 1 unspecified atom stereocenters. The molecule has 8 heteroatoms. The van der Waals surface area contributed by atoms with Gasteiger partial charge in [-0.2, -0.15) is 5.26 Å². The predicted molar refractivity (Wildman–Crippen MR) is 125 cm³/mol. The average Bonchev–Trinajstić information content (AvgIpc) is 3.20. The highest BCUT2D eigenvalue weighted by molar-refractivity contribution is 8.00. The SMILES string of the molecule is N#Cc1ccc(N2CCC(Sc3nc4ccccc4c(=O)n3-c3ccc(F)cc3)C2=O)cc1. The van der Waals surface area contributed by atoms with Gasteiger partial charge in [-0.3, -0.25) is 14.2 Å². The van der Waals surface area contributed by atoms with Crippen LogP contribution in [-0.2, 0) is 4.79 Å². The van der Waals surface area contributed by atoms with Crippen LogP contribution in [0, 0.1) is 17.1 Å². The van der Waals surface area contributed by atoms with Crippen LogP contribution in [0.3, 0.4) is 0 Å².